The van der Waals surface area contributed by atoms with Crippen LogP contribution >= 0.6 is 0 Å². The number of carbonyl (C=O) groups is 2. The predicted molar refractivity (Wildman–Crippen MR) is 67.6 cm³/mol. The summed E-state index contributed by atoms with van der Waals surface area (Å²) in [7, 11) is 0. The first kappa shape index (κ1) is 14.0. The van der Waals surface area contributed by atoms with Crippen LogP contribution in [0, 0.1) is 0 Å². The third-order valence-electron chi connectivity index (χ3n) is 3.14. The first-order chi connectivity index (χ1) is 8.22. The topological polar surface area (TPSA) is 58.2 Å². The van der Waals surface area contributed by atoms with Crippen LogP contribution in [0.2, 0.25) is 0 Å². The summed E-state index contributed by atoms with van der Waals surface area (Å²) in [6, 6.07) is 0.313. The Morgan fingerprint density at radius 1 is 1.06 bits per heavy atom. The summed E-state index contributed by atoms with van der Waals surface area (Å²) < 4.78 is 0. The molecule has 0 atom stereocenters. The van der Waals surface area contributed by atoms with Crippen LogP contribution in [0.1, 0.15) is 58.3 Å². The molecule has 0 aromatic rings. The maximum atomic E-state index is 11.6. The lowest BCUT2D eigenvalue weighted by atomic mass is 10.1. The fraction of sp³-hybridized carbons (Fsp3) is 0.846. The van der Waals surface area contributed by atoms with Crippen molar-refractivity contribution in [3.63, 3.8) is 0 Å². The van der Waals surface area contributed by atoms with Crippen molar-refractivity contribution in [1.29, 1.82) is 0 Å². The van der Waals surface area contributed by atoms with E-state index in [1.54, 1.807) is 0 Å². The molecule has 2 amide bonds. The lowest BCUT2D eigenvalue weighted by molar-refractivity contribution is -0.126. The van der Waals surface area contributed by atoms with Gasteiger partial charge in [-0.25, -0.2) is 0 Å². The molecule has 0 aromatic heterocycles. The number of nitrogens with one attached hydrogen (secondary N) is 2. The SMILES string of the molecule is CCCC(=O)NCC(=O)NC1CCCCCC1. The number of hydrogen-bond donors (Lipinski definition) is 2. The Morgan fingerprint density at radius 3 is 2.29 bits per heavy atom. The molecule has 2 N–H and O–H groups in total. The van der Waals surface area contributed by atoms with Gasteiger partial charge < -0.3 is 10.6 Å². The van der Waals surface area contributed by atoms with Crippen molar-refractivity contribution in [2.75, 3.05) is 6.54 Å². The average Bonchev–Trinajstić information content (AvgIpc) is 2.55. The molecule has 0 heterocycles. The van der Waals surface area contributed by atoms with Crippen LogP contribution in [-0.4, -0.2) is 24.4 Å². The summed E-state index contributed by atoms with van der Waals surface area (Å²) in [6.07, 6.45) is 8.43. The Balaban J connectivity index is 2.17. The fourth-order valence-corrected chi connectivity index (χ4v) is 2.20. The van der Waals surface area contributed by atoms with Gasteiger partial charge in [0, 0.05) is 12.5 Å². The van der Waals surface area contributed by atoms with Gasteiger partial charge in [0.05, 0.1) is 6.54 Å². The second-order valence-corrected chi connectivity index (χ2v) is 4.78. The Bertz CT molecular complexity index is 246. The first-order valence-corrected chi connectivity index (χ1v) is 6.78. The highest BCUT2D eigenvalue weighted by Crippen LogP contribution is 2.16. The molecule has 0 spiro atoms. The molecule has 1 aliphatic rings. The van der Waals surface area contributed by atoms with Crippen molar-refractivity contribution < 1.29 is 9.59 Å². The fourth-order valence-electron chi connectivity index (χ4n) is 2.20. The van der Waals surface area contributed by atoms with E-state index in [0.29, 0.717) is 12.5 Å². The molecule has 4 nitrogen and oxygen atoms in total. The average molecular weight is 240 g/mol. The molecule has 0 unspecified atom stereocenters. The normalized spacial score (nSPS) is 17.2. The monoisotopic (exact) mass is 240 g/mol. The predicted octanol–water partition coefficient (Wildman–Crippen LogP) is 1.74. The van der Waals surface area contributed by atoms with Crippen LogP contribution in [0.5, 0.6) is 0 Å². The van der Waals surface area contributed by atoms with Gasteiger partial charge in [-0.2, -0.15) is 0 Å². The minimum atomic E-state index is -0.0543. The van der Waals surface area contributed by atoms with Gasteiger partial charge in [-0.1, -0.05) is 32.6 Å². The molecule has 1 fully saturated rings. The highest BCUT2D eigenvalue weighted by atomic mass is 16.2. The maximum absolute atomic E-state index is 11.6. The molecule has 1 saturated carbocycles. The Labute approximate surface area is 104 Å². The number of rotatable bonds is 5. The number of amides is 2. The molecule has 0 saturated heterocycles. The zero-order chi connectivity index (χ0) is 12.5. The van der Waals surface area contributed by atoms with Crippen molar-refractivity contribution in [2.24, 2.45) is 0 Å². The first-order valence-electron chi connectivity index (χ1n) is 6.78. The van der Waals surface area contributed by atoms with Crippen molar-refractivity contribution in [3.05, 3.63) is 0 Å². The number of carbonyl (C=O) groups excluding carboxylic acids is 2. The van der Waals surface area contributed by atoms with Gasteiger partial charge in [0.25, 0.3) is 0 Å². The van der Waals surface area contributed by atoms with Crippen LogP contribution in [0.25, 0.3) is 0 Å². The molecule has 0 aromatic carbocycles. The Hall–Kier alpha value is -1.06. The molecule has 4 heteroatoms. The van der Waals surface area contributed by atoms with E-state index in [0.717, 1.165) is 19.3 Å². The van der Waals surface area contributed by atoms with Crippen LogP contribution in [0.15, 0.2) is 0 Å². The van der Waals surface area contributed by atoms with Crippen LogP contribution in [0.3, 0.4) is 0 Å². The van der Waals surface area contributed by atoms with Crippen molar-refractivity contribution in [2.45, 2.75) is 64.3 Å². The van der Waals surface area contributed by atoms with E-state index in [1.807, 2.05) is 6.92 Å². The lowest BCUT2D eigenvalue weighted by Crippen LogP contribution is -2.41. The van der Waals surface area contributed by atoms with Gasteiger partial charge in [0.1, 0.15) is 0 Å². The van der Waals surface area contributed by atoms with E-state index in [2.05, 4.69) is 10.6 Å². The van der Waals surface area contributed by atoms with Gasteiger partial charge in [-0.3, -0.25) is 9.59 Å². The van der Waals surface area contributed by atoms with Crippen molar-refractivity contribution in [1.82, 2.24) is 10.6 Å². The van der Waals surface area contributed by atoms with E-state index in [-0.39, 0.29) is 18.4 Å². The zero-order valence-electron chi connectivity index (χ0n) is 10.8. The summed E-state index contributed by atoms with van der Waals surface area (Å²) in [5, 5.41) is 5.64. The van der Waals surface area contributed by atoms with Gasteiger partial charge >= 0.3 is 0 Å². The molecule has 98 valence electrons. The van der Waals surface area contributed by atoms with Gasteiger partial charge in [0.2, 0.25) is 11.8 Å². The summed E-state index contributed by atoms with van der Waals surface area (Å²) in [5.41, 5.74) is 0. The van der Waals surface area contributed by atoms with E-state index in [1.165, 1.54) is 25.7 Å². The second-order valence-electron chi connectivity index (χ2n) is 4.78. The van der Waals surface area contributed by atoms with E-state index < -0.39 is 0 Å². The molecule has 1 aliphatic carbocycles. The summed E-state index contributed by atoms with van der Waals surface area (Å²) in [5.74, 6) is -0.0927. The number of hydrogen-bond acceptors (Lipinski definition) is 2. The molecular weight excluding hydrogens is 216 g/mol. The summed E-state index contributed by atoms with van der Waals surface area (Å²) in [4.78, 5) is 22.8. The second kappa shape index (κ2) is 8.09. The molecule has 1 rings (SSSR count). The lowest BCUT2D eigenvalue weighted by Gasteiger charge is -2.16. The van der Waals surface area contributed by atoms with E-state index in [4.69, 9.17) is 0 Å². The third-order valence-corrected chi connectivity index (χ3v) is 3.14. The van der Waals surface area contributed by atoms with E-state index in [9.17, 15) is 9.59 Å². The van der Waals surface area contributed by atoms with E-state index >= 15 is 0 Å². The zero-order valence-corrected chi connectivity index (χ0v) is 10.8. The van der Waals surface area contributed by atoms with Crippen molar-refractivity contribution in [3.8, 4) is 0 Å². The smallest absolute Gasteiger partial charge is 0.239 e. The van der Waals surface area contributed by atoms with Crippen LogP contribution in [0.4, 0.5) is 0 Å². The molecule has 0 radical (unpaired) electrons. The Morgan fingerprint density at radius 2 is 1.71 bits per heavy atom. The van der Waals surface area contributed by atoms with Gasteiger partial charge in [-0.15, -0.1) is 0 Å². The molecule has 0 bridgehead atoms. The minimum Gasteiger partial charge on any atom is -0.352 e. The maximum Gasteiger partial charge on any atom is 0.239 e. The Kier molecular flexibility index (Phi) is 6.67. The highest BCUT2D eigenvalue weighted by Gasteiger charge is 2.14. The molecular formula is C13H24N2O2. The van der Waals surface area contributed by atoms with Crippen LogP contribution in [-0.2, 0) is 9.59 Å². The van der Waals surface area contributed by atoms with Crippen molar-refractivity contribution >= 4 is 11.8 Å². The molecule has 17 heavy (non-hydrogen) atoms. The third kappa shape index (κ3) is 6.29. The quantitative estimate of drug-likeness (QED) is 0.719. The molecule has 0 aliphatic heterocycles. The highest BCUT2D eigenvalue weighted by molar-refractivity contribution is 5.84. The van der Waals surface area contributed by atoms with Crippen LogP contribution < -0.4 is 10.6 Å². The van der Waals surface area contributed by atoms with Gasteiger partial charge in [-0.05, 0) is 19.3 Å². The van der Waals surface area contributed by atoms with Gasteiger partial charge in [0.15, 0.2) is 0 Å². The summed E-state index contributed by atoms with van der Waals surface area (Å²) in [6.45, 7) is 2.07. The largest absolute Gasteiger partial charge is 0.352 e. The minimum absolute atomic E-state index is 0.0384. The summed E-state index contributed by atoms with van der Waals surface area (Å²) >= 11 is 0. The standard InChI is InChI=1S/C13H24N2O2/c1-2-7-12(16)14-10-13(17)15-11-8-5-3-4-6-9-11/h11H,2-10H2,1H3,(H,14,16)(H,15,17).